The third-order valence-electron chi connectivity index (χ3n) is 3.51. The van der Waals surface area contributed by atoms with Crippen molar-refractivity contribution in [3.05, 3.63) is 17.0 Å². The molecule has 1 heterocycles. The summed E-state index contributed by atoms with van der Waals surface area (Å²) >= 11 is 0. The van der Waals surface area contributed by atoms with E-state index in [1.807, 2.05) is 13.8 Å². The SMILES string of the molecule is CCOC(=O)c1c(C)[nH]c(C)c1S(=O)(=O)NCC(=O)N[C@H](C)CC. The fraction of sp³-hybridized carbons (Fsp3) is 0.600. The zero-order valence-corrected chi connectivity index (χ0v) is 15.5. The molecular formula is C15H25N3O5S. The molecule has 0 bridgehead atoms. The number of carbonyl (C=O) groups excluding carboxylic acids is 2. The lowest BCUT2D eigenvalue weighted by molar-refractivity contribution is -0.120. The summed E-state index contributed by atoms with van der Waals surface area (Å²) in [6.45, 7) is 8.23. The molecule has 1 rings (SSSR count). The van der Waals surface area contributed by atoms with E-state index >= 15 is 0 Å². The molecule has 0 aliphatic heterocycles. The zero-order chi connectivity index (χ0) is 18.5. The number of esters is 1. The molecule has 0 fully saturated rings. The van der Waals surface area contributed by atoms with Crippen LogP contribution in [0.25, 0.3) is 0 Å². The lowest BCUT2D eigenvalue weighted by atomic mass is 10.2. The number of nitrogens with one attached hydrogen (secondary N) is 3. The van der Waals surface area contributed by atoms with Gasteiger partial charge in [0.1, 0.15) is 10.5 Å². The molecule has 0 radical (unpaired) electrons. The predicted molar refractivity (Wildman–Crippen MR) is 89.3 cm³/mol. The van der Waals surface area contributed by atoms with Gasteiger partial charge in [-0.2, -0.15) is 0 Å². The first-order valence-corrected chi connectivity index (χ1v) is 9.27. The smallest absolute Gasteiger partial charge is 0.341 e. The molecule has 8 nitrogen and oxygen atoms in total. The first-order chi connectivity index (χ1) is 11.1. The highest BCUT2D eigenvalue weighted by Gasteiger charge is 2.30. The average molecular weight is 359 g/mol. The van der Waals surface area contributed by atoms with E-state index in [1.54, 1.807) is 20.8 Å². The van der Waals surface area contributed by atoms with Gasteiger partial charge in [0.2, 0.25) is 15.9 Å². The zero-order valence-electron chi connectivity index (χ0n) is 14.6. The maximum atomic E-state index is 12.5. The van der Waals surface area contributed by atoms with Crippen molar-refractivity contribution in [3.8, 4) is 0 Å². The van der Waals surface area contributed by atoms with Gasteiger partial charge >= 0.3 is 5.97 Å². The van der Waals surface area contributed by atoms with Crippen molar-refractivity contribution in [3.63, 3.8) is 0 Å². The van der Waals surface area contributed by atoms with E-state index in [4.69, 9.17) is 4.74 Å². The molecule has 0 aromatic carbocycles. The van der Waals surface area contributed by atoms with Crippen LogP contribution in [0, 0.1) is 13.8 Å². The Morgan fingerprint density at radius 2 is 1.83 bits per heavy atom. The number of hydrogen-bond acceptors (Lipinski definition) is 5. The molecule has 3 N–H and O–H groups in total. The van der Waals surface area contributed by atoms with E-state index in [2.05, 4.69) is 15.0 Å². The molecule has 0 unspecified atom stereocenters. The highest BCUT2D eigenvalue weighted by molar-refractivity contribution is 7.89. The van der Waals surface area contributed by atoms with Gasteiger partial charge in [-0.15, -0.1) is 0 Å². The van der Waals surface area contributed by atoms with Crippen LogP contribution in [0.2, 0.25) is 0 Å². The number of H-pyrrole nitrogens is 1. The standard InChI is InChI=1S/C15H25N3O5S/c1-6-9(3)17-12(19)8-16-24(21,22)14-11(5)18-10(4)13(14)15(20)23-7-2/h9,16,18H,6-8H2,1-5H3,(H,17,19)/t9-/m1/s1. The van der Waals surface area contributed by atoms with Gasteiger partial charge in [-0.1, -0.05) is 6.92 Å². The number of aromatic amines is 1. The van der Waals surface area contributed by atoms with Crippen molar-refractivity contribution in [1.29, 1.82) is 0 Å². The van der Waals surface area contributed by atoms with Crippen molar-refractivity contribution in [1.82, 2.24) is 15.0 Å². The summed E-state index contributed by atoms with van der Waals surface area (Å²) in [6.07, 6.45) is 0.738. The Morgan fingerprint density at radius 3 is 2.38 bits per heavy atom. The number of hydrogen-bond donors (Lipinski definition) is 3. The van der Waals surface area contributed by atoms with E-state index in [1.165, 1.54) is 0 Å². The fourth-order valence-electron chi connectivity index (χ4n) is 2.20. The number of ether oxygens (including phenoxy) is 1. The molecule has 0 aliphatic carbocycles. The Morgan fingerprint density at radius 1 is 1.21 bits per heavy atom. The Kier molecular flexibility index (Phi) is 6.97. The van der Waals surface area contributed by atoms with Gasteiger partial charge < -0.3 is 15.0 Å². The number of aryl methyl sites for hydroxylation is 2. The lowest BCUT2D eigenvalue weighted by Crippen LogP contribution is -2.40. The summed E-state index contributed by atoms with van der Waals surface area (Å²) in [4.78, 5) is 26.5. The number of rotatable bonds is 8. The van der Waals surface area contributed by atoms with Crippen molar-refractivity contribution in [2.24, 2.45) is 0 Å². The second kappa shape index (κ2) is 8.29. The number of sulfonamides is 1. The number of carbonyl (C=O) groups is 2. The predicted octanol–water partition coefficient (Wildman–Crippen LogP) is 1.00. The fourth-order valence-corrected chi connectivity index (χ4v) is 3.63. The van der Waals surface area contributed by atoms with Crippen LogP contribution in [0.1, 0.15) is 48.9 Å². The highest BCUT2D eigenvalue weighted by atomic mass is 32.2. The minimum absolute atomic E-state index is 0.0378. The second-order valence-electron chi connectivity index (χ2n) is 5.50. The summed E-state index contributed by atoms with van der Waals surface area (Å²) in [7, 11) is -4.04. The third-order valence-corrected chi connectivity index (χ3v) is 5.08. The molecule has 24 heavy (non-hydrogen) atoms. The summed E-state index contributed by atoms with van der Waals surface area (Å²) in [5, 5.41) is 2.67. The van der Waals surface area contributed by atoms with Gasteiger partial charge in [-0.05, 0) is 34.1 Å². The summed E-state index contributed by atoms with van der Waals surface area (Å²) in [6, 6.07) is -0.0478. The summed E-state index contributed by atoms with van der Waals surface area (Å²) < 4.78 is 32.2. The van der Waals surface area contributed by atoms with Crippen molar-refractivity contribution >= 4 is 21.9 Å². The average Bonchev–Trinajstić information content (AvgIpc) is 2.80. The molecule has 0 spiro atoms. The second-order valence-corrected chi connectivity index (χ2v) is 7.20. The number of amides is 1. The van der Waals surface area contributed by atoms with Crippen LogP contribution in [0.5, 0.6) is 0 Å². The van der Waals surface area contributed by atoms with Crippen LogP contribution < -0.4 is 10.0 Å². The van der Waals surface area contributed by atoms with Gasteiger partial charge in [-0.3, -0.25) is 4.79 Å². The largest absolute Gasteiger partial charge is 0.462 e. The van der Waals surface area contributed by atoms with Crippen LogP contribution in [-0.2, 0) is 19.6 Å². The topological polar surface area (TPSA) is 117 Å². The van der Waals surface area contributed by atoms with E-state index in [9.17, 15) is 18.0 Å². The maximum Gasteiger partial charge on any atom is 0.341 e. The van der Waals surface area contributed by atoms with Crippen LogP contribution in [-0.4, -0.2) is 44.5 Å². The molecular weight excluding hydrogens is 334 g/mol. The van der Waals surface area contributed by atoms with Crippen molar-refractivity contribution in [2.45, 2.75) is 52.0 Å². The molecule has 1 atom stereocenters. The summed E-state index contributed by atoms with van der Waals surface area (Å²) in [5.74, 6) is -1.15. The number of aromatic nitrogens is 1. The lowest BCUT2D eigenvalue weighted by Gasteiger charge is -2.12. The Bertz CT molecular complexity index is 709. The summed E-state index contributed by atoms with van der Waals surface area (Å²) in [5.41, 5.74) is 0.671. The minimum atomic E-state index is -4.04. The molecule has 1 amide bonds. The van der Waals surface area contributed by atoms with Gasteiger partial charge in [0.25, 0.3) is 0 Å². The van der Waals surface area contributed by atoms with E-state index in [-0.39, 0.29) is 23.1 Å². The monoisotopic (exact) mass is 359 g/mol. The normalized spacial score (nSPS) is 12.7. The van der Waals surface area contributed by atoms with Crippen LogP contribution in [0.4, 0.5) is 0 Å². The van der Waals surface area contributed by atoms with E-state index in [0.29, 0.717) is 11.4 Å². The molecule has 0 saturated carbocycles. The first kappa shape index (κ1) is 20.2. The van der Waals surface area contributed by atoms with Crippen LogP contribution in [0.3, 0.4) is 0 Å². The van der Waals surface area contributed by atoms with Crippen molar-refractivity contribution in [2.75, 3.05) is 13.2 Å². The van der Waals surface area contributed by atoms with Gasteiger partial charge in [-0.25, -0.2) is 17.9 Å². The van der Waals surface area contributed by atoms with Gasteiger partial charge in [0.15, 0.2) is 0 Å². The quantitative estimate of drug-likeness (QED) is 0.599. The third kappa shape index (κ3) is 4.81. The van der Waals surface area contributed by atoms with Crippen molar-refractivity contribution < 1.29 is 22.7 Å². The Balaban J connectivity index is 3.03. The molecule has 1 aromatic rings. The van der Waals surface area contributed by atoms with Crippen LogP contribution in [0.15, 0.2) is 4.90 Å². The molecule has 136 valence electrons. The molecule has 9 heteroatoms. The highest BCUT2D eigenvalue weighted by Crippen LogP contribution is 2.24. The first-order valence-electron chi connectivity index (χ1n) is 7.79. The van der Waals surface area contributed by atoms with E-state index in [0.717, 1.165) is 6.42 Å². The van der Waals surface area contributed by atoms with Gasteiger partial charge in [0, 0.05) is 17.4 Å². The van der Waals surface area contributed by atoms with E-state index < -0.39 is 28.4 Å². The Hall–Kier alpha value is -1.87. The molecule has 0 aliphatic rings. The minimum Gasteiger partial charge on any atom is -0.462 e. The molecule has 0 saturated heterocycles. The van der Waals surface area contributed by atoms with Gasteiger partial charge in [0.05, 0.1) is 13.2 Å². The molecule has 1 aromatic heterocycles. The Labute approximate surface area is 142 Å². The van der Waals surface area contributed by atoms with Crippen LogP contribution >= 0.6 is 0 Å². The maximum absolute atomic E-state index is 12.5.